The van der Waals surface area contributed by atoms with E-state index in [1.165, 1.54) is 22.3 Å². The van der Waals surface area contributed by atoms with E-state index >= 15 is 0 Å². The molecule has 1 N–H and O–H groups in total. The summed E-state index contributed by atoms with van der Waals surface area (Å²) in [7, 11) is 0. The quantitative estimate of drug-likeness (QED) is 0.188. The number of fused-ring (bicyclic) bond motifs is 12. The third-order valence-corrected chi connectivity index (χ3v) is 13.2. The lowest BCUT2D eigenvalue weighted by Gasteiger charge is -2.39. The van der Waals surface area contributed by atoms with Gasteiger partial charge >= 0.3 is 0 Å². The second-order valence-corrected chi connectivity index (χ2v) is 16.6. The number of rotatable bonds is 5. The van der Waals surface area contributed by atoms with Crippen molar-refractivity contribution in [2.45, 2.75) is 11.6 Å². The number of furan rings is 1. The van der Waals surface area contributed by atoms with E-state index in [4.69, 9.17) is 14.1 Å². The Morgan fingerprint density at radius 1 is 0.429 bits per heavy atom. The van der Waals surface area contributed by atoms with Crippen molar-refractivity contribution >= 4 is 33.3 Å². The number of ether oxygens (including phenoxy) is 1. The van der Waals surface area contributed by atoms with Gasteiger partial charge in [0.2, 0.25) is 0 Å². The number of nitrogens with one attached hydrogen (secondary N) is 1. The second kappa shape index (κ2) is 13.9. The Morgan fingerprint density at radius 3 is 1.84 bits per heavy atom. The fourth-order valence-electron chi connectivity index (χ4n) is 10.4. The number of hydrogen-bond donors (Lipinski definition) is 1. The number of benzene rings is 9. The molecule has 1 aromatic heterocycles. The molecule has 1 atom stereocenters. The van der Waals surface area contributed by atoms with E-state index in [-0.39, 0.29) is 6.17 Å². The van der Waals surface area contributed by atoms with Crippen LogP contribution in [-0.4, -0.2) is 5.71 Å². The van der Waals surface area contributed by atoms with E-state index in [2.05, 4.69) is 206 Å². The van der Waals surface area contributed by atoms with Gasteiger partial charge in [0, 0.05) is 38.7 Å². The standard InChI is InChI=1S/C59H38N2O2/c1-2-15-38(16-3-1)52-36-53(39-31-29-37(30-32-39)42-22-14-23-46-45-20-8-12-27-54(45)63-57(42)46)61-58(60-52)47-21-5-4-17-41(47)40-33-34-51-56(35-40)62-55-28-13-11-26-50(55)59(51)48-24-9-6-18-43(48)44-19-7-10-25-49(44)59/h1-36,58,61H. The average molecular weight is 807 g/mol. The highest BCUT2D eigenvalue weighted by atomic mass is 16.5. The molecule has 296 valence electrons. The Bertz CT molecular complexity index is 3480. The molecule has 3 aliphatic rings. The van der Waals surface area contributed by atoms with Gasteiger partial charge < -0.3 is 14.5 Å². The van der Waals surface area contributed by atoms with E-state index in [1.54, 1.807) is 0 Å². The monoisotopic (exact) mass is 806 g/mol. The Balaban J connectivity index is 0.905. The number of nitrogens with zero attached hydrogens (tertiary/aromatic N) is 1. The molecule has 0 amide bonds. The summed E-state index contributed by atoms with van der Waals surface area (Å²) in [6, 6.07) is 75.5. The molecule has 4 heteroatoms. The number of allylic oxidation sites excluding steroid dienone is 1. The molecule has 2 aliphatic heterocycles. The van der Waals surface area contributed by atoms with Crippen LogP contribution in [0.25, 0.3) is 61.0 Å². The zero-order valence-corrected chi connectivity index (χ0v) is 34.1. The molecular formula is C59H38N2O2. The largest absolute Gasteiger partial charge is 0.457 e. The second-order valence-electron chi connectivity index (χ2n) is 16.6. The zero-order chi connectivity index (χ0) is 41.5. The van der Waals surface area contributed by atoms with Gasteiger partial charge in [0.1, 0.15) is 28.8 Å². The summed E-state index contributed by atoms with van der Waals surface area (Å²) in [5.41, 5.74) is 18.2. The normalized spacial score (nSPS) is 15.4. The first-order valence-electron chi connectivity index (χ1n) is 21.6. The molecule has 0 fully saturated rings. The maximum Gasteiger partial charge on any atom is 0.146 e. The van der Waals surface area contributed by atoms with Crippen LogP contribution < -0.4 is 10.1 Å². The van der Waals surface area contributed by atoms with Crippen molar-refractivity contribution in [1.82, 2.24) is 5.32 Å². The van der Waals surface area contributed by atoms with Gasteiger partial charge in [-0.2, -0.15) is 0 Å². The van der Waals surface area contributed by atoms with Crippen LogP contribution >= 0.6 is 0 Å². The van der Waals surface area contributed by atoms with Gasteiger partial charge in [0.25, 0.3) is 0 Å². The highest BCUT2D eigenvalue weighted by Gasteiger charge is 2.51. The minimum absolute atomic E-state index is 0.363. The van der Waals surface area contributed by atoms with Crippen LogP contribution in [0.15, 0.2) is 228 Å². The molecule has 13 rings (SSSR count). The van der Waals surface area contributed by atoms with Gasteiger partial charge in [-0.25, -0.2) is 0 Å². The zero-order valence-electron chi connectivity index (χ0n) is 34.1. The summed E-state index contributed by atoms with van der Waals surface area (Å²) in [6.07, 6.45) is 1.81. The van der Waals surface area contributed by atoms with E-state index in [0.29, 0.717) is 0 Å². The smallest absolute Gasteiger partial charge is 0.146 e. The summed E-state index contributed by atoms with van der Waals surface area (Å²) >= 11 is 0. The summed E-state index contributed by atoms with van der Waals surface area (Å²) in [6.45, 7) is 0. The van der Waals surface area contributed by atoms with E-state index in [9.17, 15) is 0 Å². The first-order valence-corrected chi connectivity index (χ1v) is 21.6. The molecule has 0 saturated heterocycles. The van der Waals surface area contributed by atoms with Crippen molar-refractivity contribution in [3.05, 3.63) is 257 Å². The summed E-state index contributed by atoms with van der Waals surface area (Å²) in [5, 5.41) is 6.12. The van der Waals surface area contributed by atoms with Crippen molar-refractivity contribution in [2.75, 3.05) is 0 Å². The molecule has 0 radical (unpaired) electrons. The van der Waals surface area contributed by atoms with Crippen molar-refractivity contribution < 1.29 is 9.15 Å². The minimum atomic E-state index is -0.511. The van der Waals surface area contributed by atoms with Crippen LogP contribution in [-0.2, 0) is 5.41 Å². The van der Waals surface area contributed by atoms with Crippen LogP contribution in [0, 0.1) is 0 Å². The first kappa shape index (κ1) is 35.5. The predicted molar refractivity (Wildman–Crippen MR) is 255 cm³/mol. The minimum Gasteiger partial charge on any atom is -0.457 e. The maximum atomic E-state index is 6.91. The van der Waals surface area contributed by atoms with E-state index in [1.807, 2.05) is 18.2 Å². The molecule has 0 saturated carbocycles. The van der Waals surface area contributed by atoms with Gasteiger partial charge in [0.15, 0.2) is 0 Å². The van der Waals surface area contributed by atoms with E-state index in [0.717, 1.165) is 94.9 Å². The van der Waals surface area contributed by atoms with Crippen LogP contribution in [0.1, 0.15) is 45.1 Å². The maximum absolute atomic E-state index is 6.91. The number of hydrogen-bond acceptors (Lipinski definition) is 4. The van der Waals surface area contributed by atoms with Crippen LogP contribution in [0.4, 0.5) is 0 Å². The van der Waals surface area contributed by atoms with Gasteiger partial charge in [-0.1, -0.05) is 194 Å². The van der Waals surface area contributed by atoms with Gasteiger partial charge in [-0.05, 0) is 74.3 Å². The third-order valence-electron chi connectivity index (χ3n) is 13.2. The summed E-state index contributed by atoms with van der Waals surface area (Å²) in [4.78, 5) is 5.41. The third kappa shape index (κ3) is 5.38. The average Bonchev–Trinajstić information content (AvgIpc) is 3.88. The van der Waals surface area contributed by atoms with Crippen molar-refractivity contribution in [3.63, 3.8) is 0 Å². The van der Waals surface area contributed by atoms with Gasteiger partial charge in [-0.3, -0.25) is 4.99 Å². The highest BCUT2D eigenvalue weighted by molar-refractivity contribution is 6.13. The molecule has 3 heterocycles. The Hall–Kier alpha value is -8.21. The molecule has 1 spiro atoms. The number of para-hydroxylation sites is 3. The van der Waals surface area contributed by atoms with Crippen molar-refractivity contribution in [1.29, 1.82) is 0 Å². The summed E-state index contributed by atoms with van der Waals surface area (Å²) in [5.74, 6) is 1.74. The molecule has 9 aromatic carbocycles. The molecule has 0 bridgehead atoms. The molecular weight excluding hydrogens is 769 g/mol. The van der Waals surface area contributed by atoms with Gasteiger partial charge in [0.05, 0.1) is 11.1 Å². The fraction of sp³-hybridized carbons (Fsp3) is 0.0339. The first-order chi connectivity index (χ1) is 31.2. The van der Waals surface area contributed by atoms with E-state index < -0.39 is 5.41 Å². The Kier molecular flexibility index (Phi) is 7.85. The van der Waals surface area contributed by atoms with Gasteiger partial charge in [-0.15, -0.1) is 0 Å². The van der Waals surface area contributed by atoms with Crippen LogP contribution in [0.5, 0.6) is 11.5 Å². The molecule has 10 aromatic rings. The lowest BCUT2D eigenvalue weighted by atomic mass is 9.66. The number of aliphatic imine (C=N–C) groups is 1. The highest BCUT2D eigenvalue weighted by Crippen LogP contribution is 2.62. The lowest BCUT2D eigenvalue weighted by molar-refractivity contribution is 0.436. The topological polar surface area (TPSA) is 46.8 Å². The Labute approximate surface area is 365 Å². The fourth-order valence-corrected chi connectivity index (χ4v) is 10.4. The SMILES string of the molecule is C1=C(c2ccc(-c3cccc4c3oc3ccccc34)cc2)NC(c2ccccc2-c2ccc3c(c2)Oc2ccccc2C32c3ccccc3-c3ccccc32)N=C1c1ccccc1. The Morgan fingerprint density at radius 2 is 1.03 bits per heavy atom. The van der Waals surface area contributed by atoms with Crippen molar-refractivity contribution in [2.24, 2.45) is 4.99 Å². The van der Waals surface area contributed by atoms with Crippen LogP contribution in [0.2, 0.25) is 0 Å². The predicted octanol–water partition coefficient (Wildman–Crippen LogP) is 14.5. The van der Waals surface area contributed by atoms with Crippen molar-refractivity contribution in [3.8, 4) is 44.9 Å². The van der Waals surface area contributed by atoms with Crippen LogP contribution in [0.3, 0.4) is 0 Å². The molecule has 4 nitrogen and oxygen atoms in total. The summed E-state index contributed by atoms with van der Waals surface area (Å²) < 4.78 is 13.3. The molecule has 1 unspecified atom stereocenters. The molecule has 63 heavy (non-hydrogen) atoms. The lowest BCUT2D eigenvalue weighted by Crippen LogP contribution is -2.32. The molecule has 1 aliphatic carbocycles.